The van der Waals surface area contributed by atoms with E-state index in [0.29, 0.717) is 6.54 Å². The van der Waals surface area contributed by atoms with Crippen molar-refractivity contribution in [3.05, 3.63) is 57.8 Å². The Balaban J connectivity index is 2.30. The Kier molecular flexibility index (Phi) is 3.94. The van der Waals surface area contributed by atoms with E-state index in [9.17, 15) is 5.11 Å². The monoisotopic (exact) mass is 247 g/mol. The number of aryl methyl sites for hydroxylation is 1. The van der Waals surface area contributed by atoms with Crippen LogP contribution in [0.15, 0.2) is 41.8 Å². The minimum atomic E-state index is -0.528. The molecule has 1 heterocycles. The zero-order chi connectivity index (χ0) is 12.3. The SMILES string of the molecule is Cc1ccccc1C(O)C(CN)c1cccs1. The molecule has 2 rings (SSSR count). The summed E-state index contributed by atoms with van der Waals surface area (Å²) in [4.78, 5) is 1.14. The van der Waals surface area contributed by atoms with Gasteiger partial charge in [-0.15, -0.1) is 11.3 Å². The number of aliphatic hydroxyl groups is 1. The van der Waals surface area contributed by atoms with Crippen molar-refractivity contribution >= 4 is 11.3 Å². The van der Waals surface area contributed by atoms with Gasteiger partial charge in [0.15, 0.2) is 0 Å². The first-order chi connectivity index (χ1) is 8.24. The van der Waals surface area contributed by atoms with Crippen molar-refractivity contribution in [1.29, 1.82) is 0 Å². The molecule has 17 heavy (non-hydrogen) atoms. The molecule has 2 atom stereocenters. The van der Waals surface area contributed by atoms with Crippen LogP contribution in [0, 0.1) is 6.92 Å². The Morgan fingerprint density at radius 3 is 2.59 bits per heavy atom. The molecule has 0 amide bonds. The van der Waals surface area contributed by atoms with Crippen molar-refractivity contribution in [1.82, 2.24) is 0 Å². The first-order valence-electron chi connectivity index (χ1n) is 5.71. The largest absolute Gasteiger partial charge is 0.388 e. The van der Waals surface area contributed by atoms with Crippen molar-refractivity contribution in [3.8, 4) is 0 Å². The van der Waals surface area contributed by atoms with E-state index in [-0.39, 0.29) is 5.92 Å². The highest BCUT2D eigenvalue weighted by Gasteiger charge is 2.23. The van der Waals surface area contributed by atoms with Crippen LogP contribution in [-0.4, -0.2) is 11.7 Å². The van der Waals surface area contributed by atoms with Crippen molar-refractivity contribution in [2.45, 2.75) is 18.9 Å². The molecule has 2 unspecified atom stereocenters. The molecule has 1 aromatic heterocycles. The number of nitrogens with two attached hydrogens (primary N) is 1. The zero-order valence-corrected chi connectivity index (χ0v) is 10.7. The molecular formula is C14H17NOS. The topological polar surface area (TPSA) is 46.2 Å². The normalized spacial score (nSPS) is 14.5. The highest BCUT2D eigenvalue weighted by atomic mass is 32.1. The molecule has 0 aliphatic rings. The third-order valence-electron chi connectivity index (χ3n) is 3.05. The summed E-state index contributed by atoms with van der Waals surface area (Å²) in [6, 6.07) is 11.9. The summed E-state index contributed by atoms with van der Waals surface area (Å²) in [5, 5.41) is 12.5. The minimum absolute atomic E-state index is 0.0175. The van der Waals surface area contributed by atoms with Crippen molar-refractivity contribution in [2.24, 2.45) is 5.73 Å². The maximum Gasteiger partial charge on any atom is 0.0881 e. The molecule has 3 heteroatoms. The van der Waals surface area contributed by atoms with Gasteiger partial charge in [-0.2, -0.15) is 0 Å². The minimum Gasteiger partial charge on any atom is -0.388 e. The highest BCUT2D eigenvalue weighted by molar-refractivity contribution is 7.10. The van der Waals surface area contributed by atoms with E-state index in [1.165, 1.54) is 0 Å². The summed E-state index contributed by atoms with van der Waals surface area (Å²) in [6.45, 7) is 2.47. The number of benzene rings is 1. The Morgan fingerprint density at radius 2 is 2.00 bits per heavy atom. The first-order valence-corrected chi connectivity index (χ1v) is 6.59. The quantitative estimate of drug-likeness (QED) is 0.872. The van der Waals surface area contributed by atoms with Crippen LogP contribution in [0.1, 0.15) is 28.0 Å². The highest BCUT2D eigenvalue weighted by Crippen LogP contribution is 2.33. The second-order valence-electron chi connectivity index (χ2n) is 4.16. The van der Waals surface area contributed by atoms with Crippen molar-refractivity contribution in [3.63, 3.8) is 0 Å². The Labute approximate surface area is 106 Å². The summed E-state index contributed by atoms with van der Waals surface area (Å²) in [7, 11) is 0. The second kappa shape index (κ2) is 5.45. The van der Waals surface area contributed by atoms with Crippen LogP contribution in [0.4, 0.5) is 0 Å². The van der Waals surface area contributed by atoms with Gasteiger partial charge in [0.25, 0.3) is 0 Å². The van der Waals surface area contributed by atoms with Gasteiger partial charge in [-0.3, -0.25) is 0 Å². The molecule has 0 fully saturated rings. The lowest BCUT2D eigenvalue weighted by molar-refractivity contribution is 0.148. The van der Waals surface area contributed by atoms with E-state index in [0.717, 1.165) is 16.0 Å². The van der Waals surface area contributed by atoms with Gasteiger partial charge >= 0.3 is 0 Å². The smallest absolute Gasteiger partial charge is 0.0881 e. The molecule has 2 aromatic rings. The van der Waals surface area contributed by atoms with Gasteiger partial charge in [0, 0.05) is 17.3 Å². The van der Waals surface area contributed by atoms with Crippen LogP contribution in [0.5, 0.6) is 0 Å². The summed E-state index contributed by atoms with van der Waals surface area (Å²) in [6.07, 6.45) is -0.528. The molecule has 0 saturated heterocycles. The molecule has 1 aromatic carbocycles. The molecule has 0 radical (unpaired) electrons. The predicted octanol–water partition coefficient (Wildman–Crippen LogP) is 2.83. The third kappa shape index (κ3) is 2.57. The van der Waals surface area contributed by atoms with E-state index in [2.05, 4.69) is 0 Å². The lowest BCUT2D eigenvalue weighted by Crippen LogP contribution is -2.19. The second-order valence-corrected chi connectivity index (χ2v) is 5.14. The lowest BCUT2D eigenvalue weighted by atomic mass is 9.92. The molecular weight excluding hydrogens is 230 g/mol. The summed E-state index contributed by atoms with van der Waals surface area (Å²) >= 11 is 1.64. The van der Waals surface area contributed by atoms with Gasteiger partial charge in [0.1, 0.15) is 0 Å². The van der Waals surface area contributed by atoms with Crippen LogP contribution >= 0.6 is 11.3 Å². The maximum absolute atomic E-state index is 10.5. The van der Waals surface area contributed by atoms with Gasteiger partial charge in [-0.25, -0.2) is 0 Å². The summed E-state index contributed by atoms with van der Waals surface area (Å²) < 4.78 is 0. The zero-order valence-electron chi connectivity index (χ0n) is 9.84. The molecule has 0 spiro atoms. The Hall–Kier alpha value is -1.16. The van der Waals surface area contributed by atoms with Crippen LogP contribution < -0.4 is 5.73 Å². The van der Waals surface area contributed by atoms with Crippen molar-refractivity contribution < 1.29 is 5.11 Å². The van der Waals surface area contributed by atoms with E-state index in [4.69, 9.17) is 5.73 Å². The van der Waals surface area contributed by atoms with E-state index < -0.39 is 6.10 Å². The molecule has 0 aliphatic carbocycles. The molecule has 3 N–H and O–H groups in total. The Bertz CT molecular complexity index is 467. The van der Waals surface area contributed by atoms with Crippen LogP contribution in [0.25, 0.3) is 0 Å². The predicted molar refractivity (Wildman–Crippen MR) is 72.3 cm³/mol. The fraction of sp³-hybridized carbons (Fsp3) is 0.286. The molecule has 0 saturated carbocycles. The fourth-order valence-electron chi connectivity index (χ4n) is 2.04. The van der Waals surface area contributed by atoms with Gasteiger partial charge in [0.05, 0.1) is 6.10 Å². The first kappa shape index (κ1) is 12.3. The molecule has 90 valence electrons. The van der Waals surface area contributed by atoms with Gasteiger partial charge in [0.2, 0.25) is 0 Å². The average Bonchev–Trinajstić information content (AvgIpc) is 2.84. The Morgan fingerprint density at radius 1 is 1.24 bits per heavy atom. The number of hydrogen-bond acceptors (Lipinski definition) is 3. The molecule has 2 nitrogen and oxygen atoms in total. The number of hydrogen-bond donors (Lipinski definition) is 2. The standard InChI is InChI=1S/C14H17NOS/c1-10-5-2-3-6-11(10)14(16)12(9-15)13-7-4-8-17-13/h2-8,12,14,16H,9,15H2,1H3. The van der Waals surface area contributed by atoms with Crippen LogP contribution in [0.3, 0.4) is 0 Å². The van der Waals surface area contributed by atoms with E-state index in [1.807, 2.05) is 48.7 Å². The molecule has 0 bridgehead atoms. The average molecular weight is 247 g/mol. The third-order valence-corrected chi connectivity index (χ3v) is 4.06. The number of rotatable bonds is 4. The summed E-state index contributed by atoms with van der Waals surface area (Å²) in [5.41, 5.74) is 7.87. The fourth-order valence-corrected chi connectivity index (χ4v) is 2.91. The van der Waals surface area contributed by atoms with Gasteiger partial charge in [-0.1, -0.05) is 30.3 Å². The van der Waals surface area contributed by atoms with Gasteiger partial charge in [-0.05, 0) is 29.5 Å². The maximum atomic E-state index is 10.5. The lowest BCUT2D eigenvalue weighted by Gasteiger charge is -2.22. The van der Waals surface area contributed by atoms with E-state index in [1.54, 1.807) is 11.3 Å². The van der Waals surface area contributed by atoms with Crippen LogP contribution in [0.2, 0.25) is 0 Å². The summed E-state index contributed by atoms with van der Waals surface area (Å²) in [5.74, 6) is -0.0175. The van der Waals surface area contributed by atoms with E-state index >= 15 is 0 Å². The van der Waals surface area contributed by atoms with Crippen molar-refractivity contribution in [2.75, 3.05) is 6.54 Å². The molecule has 0 aliphatic heterocycles. The number of aliphatic hydroxyl groups excluding tert-OH is 1. The number of thiophene rings is 1. The van der Waals surface area contributed by atoms with Gasteiger partial charge < -0.3 is 10.8 Å². The van der Waals surface area contributed by atoms with Crippen LogP contribution in [-0.2, 0) is 0 Å².